The van der Waals surface area contributed by atoms with Crippen LogP contribution < -0.4 is 9.47 Å². The molecule has 0 amide bonds. The molecule has 0 atom stereocenters. The first kappa shape index (κ1) is 19.6. The van der Waals surface area contributed by atoms with Crippen molar-refractivity contribution in [2.75, 3.05) is 6.61 Å². The second kappa shape index (κ2) is 7.46. The summed E-state index contributed by atoms with van der Waals surface area (Å²) in [6.45, 7) is 6.81. The van der Waals surface area contributed by atoms with Gasteiger partial charge >= 0.3 is 5.97 Å². The highest BCUT2D eigenvalue weighted by molar-refractivity contribution is 6.14. The van der Waals surface area contributed by atoms with Crippen LogP contribution in [0.4, 0.5) is 4.39 Å². The van der Waals surface area contributed by atoms with E-state index < -0.39 is 17.4 Å². The monoisotopic (exact) mass is 384 g/mol. The topological polar surface area (TPSA) is 61.8 Å². The van der Waals surface area contributed by atoms with E-state index in [1.807, 2.05) is 0 Å². The molecule has 5 nitrogen and oxygen atoms in total. The maximum Gasteiger partial charge on any atom is 0.344 e. The number of hydrogen-bond acceptors (Lipinski definition) is 5. The normalized spacial score (nSPS) is 14.6. The van der Waals surface area contributed by atoms with Gasteiger partial charge < -0.3 is 14.2 Å². The molecule has 0 aromatic heterocycles. The Hall–Kier alpha value is -3.15. The summed E-state index contributed by atoms with van der Waals surface area (Å²) in [5.41, 5.74) is 0.913. The van der Waals surface area contributed by atoms with Gasteiger partial charge in [0.2, 0.25) is 5.78 Å². The molecule has 0 unspecified atom stereocenters. The van der Waals surface area contributed by atoms with Gasteiger partial charge in [0.05, 0.1) is 5.56 Å². The molecule has 0 saturated carbocycles. The van der Waals surface area contributed by atoms with Crippen molar-refractivity contribution in [3.8, 4) is 11.5 Å². The number of allylic oxidation sites excluding steroid dienone is 1. The number of halogens is 1. The van der Waals surface area contributed by atoms with Crippen LogP contribution in [0.2, 0.25) is 0 Å². The van der Waals surface area contributed by atoms with Crippen molar-refractivity contribution in [3.63, 3.8) is 0 Å². The van der Waals surface area contributed by atoms with Gasteiger partial charge in [-0.15, -0.1) is 0 Å². The van der Waals surface area contributed by atoms with Crippen LogP contribution in [-0.2, 0) is 9.53 Å². The largest absolute Gasteiger partial charge is 0.481 e. The molecule has 3 rings (SSSR count). The van der Waals surface area contributed by atoms with Crippen LogP contribution in [0, 0.1) is 12.7 Å². The van der Waals surface area contributed by atoms with E-state index in [4.69, 9.17) is 14.2 Å². The fourth-order valence-corrected chi connectivity index (χ4v) is 2.78. The van der Waals surface area contributed by atoms with E-state index in [1.54, 1.807) is 52.0 Å². The van der Waals surface area contributed by atoms with Crippen LogP contribution >= 0.6 is 0 Å². The van der Waals surface area contributed by atoms with E-state index in [1.165, 1.54) is 18.2 Å². The minimum Gasteiger partial charge on any atom is -0.481 e. The SMILES string of the molecule is Cc1c(OCC(=O)OC(C)(C)C)ccc2c1O/C(=C\c1cccc(F)c1)C2=O. The second-order valence-corrected chi connectivity index (χ2v) is 7.44. The quantitative estimate of drug-likeness (QED) is 0.575. The maximum atomic E-state index is 13.4. The van der Waals surface area contributed by atoms with Crippen molar-refractivity contribution < 1.29 is 28.2 Å². The molecule has 1 heterocycles. The number of ketones is 1. The van der Waals surface area contributed by atoms with Crippen LogP contribution in [0.3, 0.4) is 0 Å². The van der Waals surface area contributed by atoms with Crippen molar-refractivity contribution in [2.45, 2.75) is 33.3 Å². The van der Waals surface area contributed by atoms with Crippen LogP contribution in [0.25, 0.3) is 6.08 Å². The molecule has 2 aromatic carbocycles. The molecule has 6 heteroatoms. The molecule has 0 aliphatic carbocycles. The first-order valence-corrected chi connectivity index (χ1v) is 8.82. The summed E-state index contributed by atoms with van der Waals surface area (Å²) >= 11 is 0. The van der Waals surface area contributed by atoms with E-state index in [0.717, 1.165) is 0 Å². The van der Waals surface area contributed by atoms with Crippen molar-refractivity contribution >= 4 is 17.8 Å². The van der Waals surface area contributed by atoms with E-state index >= 15 is 0 Å². The lowest BCUT2D eigenvalue weighted by Gasteiger charge is -2.19. The van der Waals surface area contributed by atoms with Crippen molar-refractivity contribution in [1.82, 2.24) is 0 Å². The number of ether oxygens (including phenoxy) is 3. The summed E-state index contributed by atoms with van der Waals surface area (Å²) in [7, 11) is 0. The number of carbonyl (C=O) groups is 2. The van der Waals surface area contributed by atoms with Crippen LogP contribution in [-0.4, -0.2) is 24.0 Å². The average molecular weight is 384 g/mol. The standard InChI is InChI=1S/C22H21FO5/c1-13-17(26-12-19(24)28-22(2,3)4)9-8-16-20(25)18(27-21(13)16)11-14-6-5-7-15(23)10-14/h5-11H,12H2,1-4H3/b18-11-. The van der Waals surface area contributed by atoms with E-state index in [-0.39, 0.29) is 18.1 Å². The second-order valence-electron chi connectivity index (χ2n) is 7.44. The third kappa shape index (κ3) is 4.39. The smallest absolute Gasteiger partial charge is 0.344 e. The zero-order valence-electron chi connectivity index (χ0n) is 16.2. The molecule has 0 radical (unpaired) electrons. The zero-order valence-corrected chi connectivity index (χ0v) is 16.2. The van der Waals surface area contributed by atoms with Gasteiger partial charge in [-0.2, -0.15) is 0 Å². The fraction of sp³-hybridized carbons (Fsp3) is 0.273. The average Bonchev–Trinajstić information content (AvgIpc) is 2.90. The number of benzene rings is 2. The number of carbonyl (C=O) groups excluding carboxylic acids is 2. The molecule has 28 heavy (non-hydrogen) atoms. The third-order valence-corrected chi connectivity index (χ3v) is 3.95. The van der Waals surface area contributed by atoms with Gasteiger partial charge in [0.25, 0.3) is 0 Å². The predicted octanol–water partition coefficient (Wildman–Crippen LogP) is 4.47. The zero-order chi connectivity index (χ0) is 20.5. The molecule has 0 N–H and O–H groups in total. The Bertz CT molecular complexity index is 969. The Kier molecular flexibility index (Phi) is 5.23. The number of rotatable bonds is 4. The molecule has 0 fully saturated rings. The molecule has 0 saturated heterocycles. The Labute approximate surface area is 162 Å². The fourth-order valence-electron chi connectivity index (χ4n) is 2.78. The molecule has 2 aromatic rings. The molecule has 1 aliphatic heterocycles. The van der Waals surface area contributed by atoms with Gasteiger partial charge in [-0.1, -0.05) is 12.1 Å². The lowest BCUT2D eigenvalue weighted by Crippen LogP contribution is -2.27. The lowest BCUT2D eigenvalue weighted by atomic mass is 10.1. The highest BCUT2D eigenvalue weighted by Crippen LogP contribution is 2.39. The van der Waals surface area contributed by atoms with Gasteiger partial charge in [0.15, 0.2) is 12.4 Å². The number of Topliss-reactive ketones (excluding diaryl/α,β-unsaturated/α-hetero) is 1. The number of esters is 1. The van der Waals surface area contributed by atoms with Crippen molar-refractivity contribution in [1.29, 1.82) is 0 Å². The highest BCUT2D eigenvalue weighted by Gasteiger charge is 2.30. The predicted molar refractivity (Wildman–Crippen MR) is 102 cm³/mol. The van der Waals surface area contributed by atoms with Crippen LogP contribution in [0.5, 0.6) is 11.5 Å². The first-order valence-electron chi connectivity index (χ1n) is 8.82. The van der Waals surface area contributed by atoms with Crippen molar-refractivity contribution in [2.24, 2.45) is 0 Å². The van der Waals surface area contributed by atoms with Crippen LogP contribution in [0.1, 0.15) is 42.3 Å². The molecule has 0 bridgehead atoms. The van der Waals surface area contributed by atoms with E-state index in [0.29, 0.717) is 28.2 Å². The van der Waals surface area contributed by atoms with Crippen molar-refractivity contribution in [3.05, 3.63) is 64.7 Å². The summed E-state index contributed by atoms with van der Waals surface area (Å²) < 4.78 is 29.8. The molecule has 146 valence electrons. The summed E-state index contributed by atoms with van der Waals surface area (Å²) in [6.07, 6.45) is 1.49. The molecule has 1 aliphatic rings. The summed E-state index contributed by atoms with van der Waals surface area (Å²) in [6, 6.07) is 9.08. The molecular weight excluding hydrogens is 363 g/mol. The van der Waals surface area contributed by atoms with Gasteiger partial charge in [0, 0.05) is 5.56 Å². The number of hydrogen-bond donors (Lipinski definition) is 0. The summed E-state index contributed by atoms with van der Waals surface area (Å²) in [5, 5.41) is 0. The minimum atomic E-state index is -0.598. The number of fused-ring (bicyclic) bond motifs is 1. The van der Waals surface area contributed by atoms with Gasteiger partial charge in [-0.3, -0.25) is 4.79 Å². The Balaban J connectivity index is 1.78. The molecule has 0 spiro atoms. The van der Waals surface area contributed by atoms with Gasteiger partial charge in [-0.05, 0) is 63.6 Å². The Morgan fingerprint density at radius 3 is 2.64 bits per heavy atom. The van der Waals surface area contributed by atoms with Gasteiger partial charge in [0.1, 0.15) is 22.9 Å². The van der Waals surface area contributed by atoms with Gasteiger partial charge in [-0.25, -0.2) is 9.18 Å². The van der Waals surface area contributed by atoms with Crippen LogP contribution in [0.15, 0.2) is 42.2 Å². The minimum absolute atomic E-state index is 0.105. The lowest BCUT2D eigenvalue weighted by molar-refractivity contribution is -0.157. The summed E-state index contributed by atoms with van der Waals surface area (Å²) in [4.78, 5) is 24.4. The molecular formula is C22H21FO5. The first-order chi connectivity index (χ1) is 13.1. The summed E-state index contributed by atoms with van der Waals surface area (Å²) in [5.74, 6) is -0.282. The maximum absolute atomic E-state index is 13.4. The Morgan fingerprint density at radius 1 is 1.21 bits per heavy atom. The van der Waals surface area contributed by atoms with E-state index in [9.17, 15) is 14.0 Å². The highest BCUT2D eigenvalue weighted by atomic mass is 19.1. The van der Waals surface area contributed by atoms with E-state index in [2.05, 4.69) is 0 Å². The third-order valence-electron chi connectivity index (χ3n) is 3.95. The Morgan fingerprint density at radius 2 is 1.96 bits per heavy atom.